The lowest BCUT2D eigenvalue weighted by Gasteiger charge is -2.31. The Morgan fingerprint density at radius 1 is 0.456 bits per heavy atom. The van der Waals surface area contributed by atoms with Gasteiger partial charge in [0.05, 0.1) is 0 Å². The molecule has 4 aliphatic rings. The summed E-state index contributed by atoms with van der Waals surface area (Å²) in [7, 11) is 0. The van der Waals surface area contributed by atoms with Crippen molar-refractivity contribution in [1.82, 2.24) is 0 Å². The molecule has 8 aromatic carbocycles. The smallest absolute Gasteiger partial charge is 0.0465 e. The molecule has 1 heteroatoms. The van der Waals surface area contributed by atoms with Gasteiger partial charge in [-0.15, -0.1) is 0 Å². The van der Waals surface area contributed by atoms with E-state index in [1.807, 2.05) is 0 Å². The second-order valence-electron chi connectivity index (χ2n) is 23.5. The summed E-state index contributed by atoms with van der Waals surface area (Å²) >= 11 is 0. The Hall–Kier alpha value is -6.70. The van der Waals surface area contributed by atoms with Gasteiger partial charge in [-0.2, -0.15) is 0 Å². The lowest BCUT2D eigenvalue weighted by Crippen LogP contribution is -2.21. The van der Waals surface area contributed by atoms with Gasteiger partial charge in [0.1, 0.15) is 0 Å². The Bertz CT molecular complexity index is 3610. The molecular formula is C67H63N. The minimum absolute atomic E-state index is 0.0364. The molecule has 0 heterocycles. The first-order valence-corrected chi connectivity index (χ1v) is 24.8. The van der Waals surface area contributed by atoms with E-state index in [1.54, 1.807) is 0 Å². The first-order chi connectivity index (χ1) is 32.2. The minimum Gasteiger partial charge on any atom is -0.311 e. The van der Waals surface area contributed by atoms with Gasteiger partial charge in [0.15, 0.2) is 0 Å². The van der Waals surface area contributed by atoms with Crippen molar-refractivity contribution in [2.75, 3.05) is 4.90 Å². The second-order valence-corrected chi connectivity index (χ2v) is 23.5. The average molecular weight is 882 g/mol. The fourth-order valence-corrected chi connectivity index (χ4v) is 13.2. The number of rotatable bonds is 5. The molecule has 0 amide bonds. The Morgan fingerprint density at radius 3 is 1.46 bits per heavy atom. The van der Waals surface area contributed by atoms with Gasteiger partial charge in [0.25, 0.3) is 0 Å². The Balaban J connectivity index is 0.999. The Kier molecular flexibility index (Phi) is 8.75. The van der Waals surface area contributed by atoms with Gasteiger partial charge in [0, 0.05) is 38.7 Å². The summed E-state index contributed by atoms with van der Waals surface area (Å²) < 4.78 is 0. The highest BCUT2D eigenvalue weighted by Crippen LogP contribution is 2.59. The summed E-state index contributed by atoms with van der Waals surface area (Å²) in [5.41, 5.74) is 26.1. The van der Waals surface area contributed by atoms with Crippen molar-refractivity contribution in [3.8, 4) is 33.4 Å². The molecule has 0 spiro atoms. The molecule has 0 bridgehead atoms. The van der Waals surface area contributed by atoms with Crippen LogP contribution >= 0.6 is 0 Å². The van der Waals surface area contributed by atoms with E-state index in [2.05, 4.69) is 246 Å². The summed E-state index contributed by atoms with van der Waals surface area (Å²) in [6.45, 7) is 33.1. The fraction of sp³-hybridized carbons (Fsp3) is 0.254. The molecule has 68 heavy (non-hydrogen) atoms. The standard InChI is InChI=1S/C67H63N/c1-14-43(33-55-39(2)49-35-59-51(37-57(49)66(55,10)11)61-46-21-17-15-19-40(46)23-31-53(61)64(59,6)7)68(44-27-25-42(26-28-44)63(3,4)5)45-29-30-48-50-36-60-52(38-58(50)67(12,13)56(48)34-45)62-47-22-18-16-20-41(47)24-32-54(62)65(60,8)9/h14-38H,1H2,2-13H3/b43-33+. The van der Waals surface area contributed by atoms with E-state index in [0.29, 0.717) is 0 Å². The maximum atomic E-state index is 4.57. The molecule has 0 N–H and O–H groups in total. The second kappa shape index (κ2) is 13.9. The van der Waals surface area contributed by atoms with E-state index in [4.69, 9.17) is 0 Å². The lowest BCUT2D eigenvalue weighted by molar-refractivity contribution is 0.590. The van der Waals surface area contributed by atoms with Gasteiger partial charge in [0.2, 0.25) is 0 Å². The highest BCUT2D eigenvalue weighted by atomic mass is 15.1. The number of fused-ring (bicyclic) bond motifs is 14. The number of hydrogen-bond acceptors (Lipinski definition) is 1. The Morgan fingerprint density at radius 2 is 0.912 bits per heavy atom. The average Bonchev–Trinajstić information content (AvgIpc) is 3.86. The Labute approximate surface area is 404 Å². The van der Waals surface area contributed by atoms with Crippen LogP contribution in [0, 0.1) is 0 Å². The predicted molar refractivity (Wildman–Crippen MR) is 292 cm³/mol. The quantitative estimate of drug-likeness (QED) is 0.156. The van der Waals surface area contributed by atoms with Gasteiger partial charge in [-0.1, -0.05) is 174 Å². The van der Waals surface area contributed by atoms with Gasteiger partial charge < -0.3 is 4.90 Å². The zero-order chi connectivity index (χ0) is 47.6. The molecule has 0 aliphatic heterocycles. The number of anilines is 2. The monoisotopic (exact) mass is 881 g/mol. The molecule has 0 aromatic heterocycles. The number of hydrogen-bond donors (Lipinski definition) is 0. The molecule has 0 atom stereocenters. The lowest BCUT2D eigenvalue weighted by atomic mass is 9.78. The zero-order valence-electron chi connectivity index (χ0n) is 42.1. The van der Waals surface area contributed by atoms with Crippen molar-refractivity contribution in [3.63, 3.8) is 0 Å². The summed E-state index contributed by atoms with van der Waals surface area (Å²) in [6, 6.07) is 53.8. The van der Waals surface area contributed by atoms with Crippen LogP contribution in [0.15, 0.2) is 170 Å². The van der Waals surface area contributed by atoms with E-state index >= 15 is 0 Å². The first kappa shape index (κ1) is 42.6. The zero-order valence-corrected chi connectivity index (χ0v) is 42.1. The number of nitrogens with zero attached hydrogens (tertiary/aromatic N) is 1. The van der Waals surface area contributed by atoms with Crippen molar-refractivity contribution in [3.05, 3.63) is 220 Å². The molecule has 8 aromatic rings. The van der Waals surface area contributed by atoms with Crippen LogP contribution in [-0.2, 0) is 27.1 Å². The van der Waals surface area contributed by atoms with E-state index in [1.165, 1.54) is 116 Å². The topological polar surface area (TPSA) is 3.24 Å². The molecule has 0 radical (unpaired) electrons. The number of benzene rings is 8. The van der Waals surface area contributed by atoms with Crippen molar-refractivity contribution >= 4 is 38.5 Å². The maximum absolute atomic E-state index is 4.57. The van der Waals surface area contributed by atoms with Crippen LogP contribution in [0.4, 0.5) is 11.4 Å². The van der Waals surface area contributed by atoms with Crippen molar-refractivity contribution < 1.29 is 0 Å². The summed E-state index contributed by atoms with van der Waals surface area (Å²) in [5, 5.41) is 5.28. The predicted octanol–water partition coefficient (Wildman–Crippen LogP) is 18.2. The van der Waals surface area contributed by atoms with Crippen LogP contribution in [0.2, 0.25) is 0 Å². The van der Waals surface area contributed by atoms with Gasteiger partial charge in [-0.25, -0.2) is 0 Å². The van der Waals surface area contributed by atoms with Crippen LogP contribution in [0.3, 0.4) is 0 Å². The van der Waals surface area contributed by atoms with Gasteiger partial charge in [-0.05, 0) is 189 Å². The van der Waals surface area contributed by atoms with Crippen LogP contribution in [-0.4, -0.2) is 0 Å². The van der Waals surface area contributed by atoms with Crippen molar-refractivity contribution in [2.45, 2.75) is 110 Å². The summed E-state index contributed by atoms with van der Waals surface area (Å²) in [4.78, 5) is 2.45. The summed E-state index contributed by atoms with van der Waals surface area (Å²) in [6.07, 6.45) is 4.52. The molecule has 0 fully saturated rings. The maximum Gasteiger partial charge on any atom is 0.0465 e. The van der Waals surface area contributed by atoms with Crippen LogP contribution < -0.4 is 4.90 Å². The summed E-state index contributed by atoms with van der Waals surface area (Å²) in [5.74, 6) is 0. The fourth-order valence-electron chi connectivity index (χ4n) is 13.2. The van der Waals surface area contributed by atoms with Gasteiger partial charge in [-0.3, -0.25) is 0 Å². The molecule has 12 rings (SSSR count). The van der Waals surface area contributed by atoms with Crippen LogP contribution in [0.5, 0.6) is 0 Å². The molecule has 4 aliphatic carbocycles. The SMILES string of the molecule is C=C/C(=C\C1=C(C)c2cc3c(cc2C1(C)C)-c1c(ccc2ccccc12)C3(C)C)N(c1ccc(C(C)(C)C)cc1)c1ccc2c(c1)C(C)(C)c1cc3c(cc1-2)C(C)(C)c1ccc2ccccc2c1-3. The van der Waals surface area contributed by atoms with E-state index in [9.17, 15) is 0 Å². The third-order valence-electron chi connectivity index (χ3n) is 17.2. The molecule has 336 valence electrons. The normalized spacial score (nSPS) is 17.4. The van der Waals surface area contributed by atoms with Crippen LogP contribution in [0.25, 0.3) is 60.5 Å². The van der Waals surface area contributed by atoms with Crippen molar-refractivity contribution in [2.24, 2.45) is 0 Å². The van der Waals surface area contributed by atoms with E-state index in [0.717, 1.165) is 17.1 Å². The van der Waals surface area contributed by atoms with E-state index < -0.39 is 0 Å². The molecule has 0 saturated heterocycles. The molecular weight excluding hydrogens is 819 g/mol. The first-order valence-electron chi connectivity index (χ1n) is 24.8. The highest BCUT2D eigenvalue weighted by Gasteiger charge is 2.44. The third-order valence-corrected chi connectivity index (χ3v) is 17.2. The molecule has 1 nitrogen and oxygen atoms in total. The molecule has 0 unspecified atom stereocenters. The van der Waals surface area contributed by atoms with Gasteiger partial charge >= 0.3 is 0 Å². The van der Waals surface area contributed by atoms with E-state index in [-0.39, 0.29) is 27.1 Å². The van der Waals surface area contributed by atoms with Crippen molar-refractivity contribution in [1.29, 1.82) is 0 Å². The van der Waals surface area contributed by atoms with Crippen LogP contribution in [0.1, 0.15) is 133 Å². The molecule has 0 saturated carbocycles. The highest BCUT2D eigenvalue weighted by molar-refractivity contribution is 6.05. The largest absolute Gasteiger partial charge is 0.311 e. The third kappa shape index (κ3) is 5.68. The minimum atomic E-state index is -0.248. The number of allylic oxidation sites excluding steroid dienone is 4.